The fourth-order valence-electron chi connectivity index (χ4n) is 3.21. The topological polar surface area (TPSA) is 191 Å². The number of aliphatic hydroxyl groups excluding tert-OH is 2. The van der Waals surface area contributed by atoms with Gasteiger partial charge in [-0.25, -0.2) is 4.79 Å². The van der Waals surface area contributed by atoms with E-state index in [1.165, 1.54) is 0 Å². The lowest BCUT2D eigenvalue weighted by molar-refractivity contribution is -0.142. The predicted octanol–water partition coefficient (Wildman–Crippen LogP) is -1.68. The maximum Gasteiger partial charge on any atom is 0.326 e. The van der Waals surface area contributed by atoms with Gasteiger partial charge in [0.2, 0.25) is 17.7 Å². The van der Waals surface area contributed by atoms with Crippen LogP contribution in [0.3, 0.4) is 0 Å². The summed E-state index contributed by atoms with van der Waals surface area (Å²) in [5.41, 5.74) is 6.81. The summed E-state index contributed by atoms with van der Waals surface area (Å²) >= 11 is 0. The Balaban J connectivity index is 2.18. The number of hydrogen-bond donors (Lipinski definition) is 7. The summed E-state index contributed by atoms with van der Waals surface area (Å²) in [5.74, 6) is -3.73. The third-order valence-corrected chi connectivity index (χ3v) is 5.16. The van der Waals surface area contributed by atoms with E-state index in [0.717, 1.165) is 0 Å². The molecule has 4 atom stereocenters. The maximum absolute atomic E-state index is 13.1. The van der Waals surface area contributed by atoms with Gasteiger partial charge in [-0.3, -0.25) is 14.4 Å². The normalized spacial score (nSPS) is 14.1. The molecule has 0 fully saturated rings. The zero-order valence-corrected chi connectivity index (χ0v) is 19.0. The molecular weight excluding hydrogens is 456 g/mol. The van der Waals surface area contributed by atoms with Crippen LogP contribution in [0.4, 0.5) is 0 Å². The van der Waals surface area contributed by atoms with Gasteiger partial charge in [0.05, 0.1) is 13.2 Å². The summed E-state index contributed by atoms with van der Waals surface area (Å²) in [6, 6.07) is 12.3. The Morgan fingerprint density at radius 1 is 0.657 bits per heavy atom. The smallest absolute Gasteiger partial charge is 0.326 e. The largest absolute Gasteiger partial charge is 0.480 e. The molecule has 2 aromatic carbocycles. The molecule has 0 saturated carbocycles. The molecular formula is C24H30N4O7. The van der Waals surface area contributed by atoms with Crippen LogP contribution in [0.25, 0.3) is 0 Å². The van der Waals surface area contributed by atoms with Crippen molar-refractivity contribution in [1.82, 2.24) is 16.0 Å². The van der Waals surface area contributed by atoms with E-state index in [0.29, 0.717) is 11.1 Å². The summed E-state index contributed by atoms with van der Waals surface area (Å²) in [6.45, 7) is -1.45. The number of amides is 3. The Morgan fingerprint density at radius 3 is 1.54 bits per heavy atom. The number of nitrogens with two attached hydrogens (primary N) is 1. The number of hydrogen-bond acceptors (Lipinski definition) is 7. The predicted molar refractivity (Wildman–Crippen MR) is 126 cm³/mol. The van der Waals surface area contributed by atoms with E-state index in [1.807, 2.05) is 0 Å². The first-order chi connectivity index (χ1) is 16.7. The lowest BCUT2D eigenvalue weighted by atomic mass is 10.0. The molecule has 2 rings (SSSR count). The second-order valence-electron chi connectivity index (χ2n) is 7.87. The number of aliphatic carboxylic acids is 1. The Labute approximate surface area is 202 Å². The first-order valence-corrected chi connectivity index (χ1v) is 10.9. The van der Waals surface area contributed by atoms with Crippen molar-refractivity contribution in [3.8, 4) is 0 Å². The van der Waals surface area contributed by atoms with Gasteiger partial charge in [-0.1, -0.05) is 60.7 Å². The monoisotopic (exact) mass is 486 g/mol. The molecule has 2 aromatic rings. The van der Waals surface area contributed by atoms with Crippen LogP contribution in [-0.4, -0.2) is 76.4 Å². The van der Waals surface area contributed by atoms with Crippen LogP contribution in [0.1, 0.15) is 11.1 Å². The van der Waals surface area contributed by atoms with Crippen LogP contribution in [0, 0.1) is 0 Å². The SMILES string of the molecule is NC(CO)C(=O)NC(CO)C(=O)NC(Cc1ccccc1)C(=O)NC(Cc1ccccc1)C(=O)O. The second kappa shape index (κ2) is 13.8. The first kappa shape index (κ1) is 27.4. The maximum atomic E-state index is 13.1. The molecule has 0 aliphatic rings. The Hall–Kier alpha value is -3.80. The first-order valence-electron chi connectivity index (χ1n) is 10.9. The van der Waals surface area contributed by atoms with E-state index in [4.69, 9.17) is 10.8 Å². The minimum Gasteiger partial charge on any atom is -0.480 e. The second-order valence-corrected chi connectivity index (χ2v) is 7.87. The molecule has 0 aromatic heterocycles. The Kier molecular flexibility index (Phi) is 10.8. The van der Waals surface area contributed by atoms with Gasteiger partial charge >= 0.3 is 5.97 Å². The molecule has 0 radical (unpaired) electrons. The van der Waals surface area contributed by atoms with Gasteiger partial charge in [0.1, 0.15) is 24.2 Å². The molecule has 0 aliphatic heterocycles. The van der Waals surface area contributed by atoms with Crippen LogP contribution >= 0.6 is 0 Å². The number of carboxylic acid groups (broad SMARTS) is 1. The van der Waals surface area contributed by atoms with Gasteiger partial charge in [0.15, 0.2) is 0 Å². The zero-order chi connectivity index (χ0) is 25.8. The summed E-state index contributed by atoms with van der Waals surface area (Å²) < 4.78 is 0. The molecule has 35 heavy (non-hydrogen) atoms. The number of carbonyl (C=O) groups is 4. The lowest BCUT2D eigenvalue weighted by Crippen LogP contribution is -2.59. The van der Waals surface area contributed by atoms with Crippen LogP contribution in [0.2, 0.25) is 0 Å². The highest BCUT2D eigenvalue weighted by molar-refractivity contribution is 5.94. The third kappa shape index (κ3) is 8.81. The van der Waals surface area contributed by atoms with Crippen molar-refractivity contribution >= 4 is 23.7 Å². The van der Waals surface area contributed by atoms with Crippen molar-refractivity contribution in [3.05, 3.63) is 71.8 Å². The Morgan fingerprint density at radius 2 is 1.09 bits per heavy atom. The number of nitrogens with one attached hydrogen (secondary N) is 3. The summed E-state index contributed by atoms with van der Waals surface area (Å²) in [6.07, 6.45) is 0.0562. The van der Waals surface area contributed by atoms with E-state index in [1.54, 1.807) is 60.7 Å². The quantitative estimate of drug-likeness (QED) is 0.175. The number of carbonyl (C=O) groups excluding carboxylic acids is 3. The van der Waals surface area contributed by atoms with Crippen LogP contribution in [0.15, 0.2) is 60.7 Å². The molecule has 0 bridgehead atoms. The standard InChI is InChI=1S/C24H30N4O7/c25-17(13-29)21(31)28-20(14-30)23(33)26-18(11-15-7-3-1-4-8-15)22(32)27-19(24(34)35)12-16-9-5-2-6-10-16/h1-10,17-20,29-30H,11-14,25H2,(H,26,33)(H,27,32)(H,28,31)(H,34,35). The highest BCUT2D eigenvalue weighted by Gasteiger charge is 2.30. The average molecular weight is 487 g/mol. The number of benzene rings is 2. The van der Waals surface area contributed by atoms with Crippen molar-refractivity contribution in [2.75, 3.05) is 13.2 Å². The molecule has 188 valence electrons. The van der Waals surface area contributed by atoms with Gasteiger partial charge < -0.3 is 37.0 Å². The van der Waals surface area contributed by atoms with Crippen molar-refractivity contribution in [1.29, 1.82) is 0 Å². The fourth-order valence-corrected chi connectivity index (χ4v) is 3.21. The Bertz CT molecular complexity index is 988. The van der Waals surface area contributed by atoms with Crippen molar-refractivity contribution in [2.24, 2.45) is 5.73 Å². The molecule has 8 N–H and O–H groups in total. The summed E-state index contributed by atoms with van der Waals surface area (Å²) in [5, 5.41) is 35.3. The summed E-state index contributed by atoms with van der Waals surface area (Å²) in [4.78, 5) is 49.6. The number of rotatable bonds is 13. The van der Waals surface area contributed by atoms with E-state index in [2.05, 4.69) is 16.0 Å². The van der Waals surface area contributed by atoms with Gasteiger partial charge in [-0.15, -0.1) is 0 Å². The molecule has 11 heteroatoms. The minimum absolute atomic E-state index is 0.0261. The van der Waals surface area contributed by atoms with Crippen molar-refractivity contribution in [2.45, 2.75) is 37.0 Å². The number of aliphatic hydroxyl groups is 2. The van der Waals surface area contributed by atoms with Crippen molar-refractivity contribution < 1.29 is 34.5 Å². The van der Waals surface area contributed by atoms with Gasteiger partial charge in [-0.2, -0.15) is 0 Å². The lowest BCUT2D eigenvalue weighted by Gasteiger charge is -2.24. The fraction of sp³-hybridized carbons (Fsp3) is 0.333. The van der Waals surface area contributed by atoms with Crippen LogP contribution in [-0.2, 0) is 32.0 Å². The highest BCUT2D eigenvalue weighted by Crippen LogP contribution is 2.07. The van der Waals surface area contributed by atoms with Crippen LogP contribution in [0.5, 0.6) is 0 Å². The van der Waals surface area contributed by atoms with E-state index < -0.39 is 61.1 Å². The van der Waals surface area contributed by atoms with E-state index >= 15 is 0 Å². The molecule has 11 nitrogen and oxygen atoms in total. The summed E-state index contributed by atoms with van der Waals surface area (Å²) in [7, 11) is 0. The van der Waals surface area contributed by atoms with E-state index in [9.17, 15) is 29.4 Å². The van der Waals surface area contributed by atoms with Gasteiger partial charge in [-0.05, 0) is 11.1 Å². The molecule has 0 saturated heterocycles. The van der Waals surface area contributed by atoms with Gasteiger partial charge in [0.25, 0.3) is 0 Å². The third-order valence-electron chi connectivity index (χ3n) is 5.16. The number of carboxylic acids is 1. The molecule has 0 spiro atoms. The molecule has 3 amide bonds. The van der Waals surface area contributed by atoms with E-state index in [-0.39, 0.29) is 12.8 Å². The minimum atomic E-state index is -1.44. The molecule has 4 unspecified atom stereocenters. The zero-order valence-electron chi connectivity index (χ0n) is 19.0. The highest BCUT2D eigenvalue weighted by atomic mass is 16.4. The molecule has 0 heterocycles. The van der Waals surface area contributed by atoms with Crippen LogP contribution < -0.4 is 21.7 Å². The average Bonchev–Trinajstić information content (AvgIpc) is 2.86. The van der Waals surface area contributed by atoms with Crippen molar-refractivity contribution in [3.63, 3.8) is 0 Å². The molecule has 0 aliphatic carbocycles. The van der Waals surface area contributed by atoms with Gasteiger partial charge in [0, 0.05) is 12.8 Å².